The fraction of sp³-hybridized carbons (Fsp3) is 0.857. The first-order valence-corrected chi connectivity index (χ1v) is 7.36. The number of carbonyl (C=O) groups excluding carboxylic acids is 2. The van der Waals surface area contributed by atoms with Crippen molar-refractivity contribution in [3.05, 3.63) is 0 Å². The van der Waals surface area contributed by atoms with Crippen LogP contribution in [0.4, 0.5) is 4.79 Å². The lowest BCUT2D eigenvalue weighted by Gasteiger charge is -2.28. The maximum absolute atomic E-state index is 12.1. The van der Waals surface area contributed by atoms with Crippen molar-refractivity contribution in [3.63, 3.8) is 0 Å². The van der Waals surface area contributed by atoms with Gasteiger partial charge in [0.05, 0.1) is 6.61 Å². The van der Waals surface area contributed by atoms with Crippen LogP contribution in [0.25, 0.3) is 0 Å². The summed E-state index contributed by atoms with van der Waals surface area (Å²) in [5.41, 5.74) is 4.49. The van der Waals surface area contributed by atoms with Crippen LogP contribution in [0.5, 0.6) is 0 Å². The Bertz CT molecular complexity index is 355. The normalized spacial score (nSPS) is 18.8. The van der Waals surface area contributed by atoms with Crippen molar-refractivity contribution in [2.75, 3.05) is 32.8 Å². The predicted molar refractivity (Wildman–Crippen MR) is 78.8 cm³/mol. The minimum atomic E-state index is -0.472. The molecule has 0 aromatic heterocycles. The van der Waals surface area contributed by atoms with Gasteiger partial charge in [-0.15, -0.1) is 0 Å². The lowest BCUT2D eigenvalue weighted by molar-refractivity contribution is -0.122. The molecular formula is C14H27N3O4. The van der Waals surface area contributed by atoms with Crippen LogP contribution in [0, 0.1) is 0 Å². The number of likely N-dealkylation sites (tertiary alicyclic amines) is 1. The van der Waals surface area contributed by atoms with Gasteiger partial charge in [-0.05, 0) is 33.6 Å². The van der Waals surface area contributed by atoms with Crippen molar-refractivity contribution in [1.29, 1.82) is 0 Å². The second-order valence-electron chi connectivity index (χ2n) is 6.19. The quantitative estimate of drug-likeness (QED) is 0.667. The van der Waals surface area contributed by atoms with Crippen LogP contribution in [-0.2, 0) is 14.3 Å². The monoisotopic (exact) mass is 301 g/mol. The molecule has 0 saturated carbocycles. The molecule has 0 bridgehead atoms. The lowest BCUT2D eigenvalue weighted by atomic mass is 10.2. The Labute approximate surface area is 126 Å². The second kappa shape index (κ2) is 8.19. The van der Waals surface area contributed by atoms with Gasteiger partial charge in [0, 0.05) is 25.7 Å². The molecule has 0 spiro atoms. The van der Waals surface area contributed by atoms with E-state index in [0.29, 0.717) is 19.7 Å². The number of hydrogen-bond acceptors (Lipinski definition) is 5. The van der Waals surface area contributed by atoms with Crippen LogP contribution in [0.3, 0.4) is 0 Å². The van der Waals surface area contributed by atoms with Crippen LogP contribution in [0.15, 0.2) is 0 Å². The van der Waals surface area contributed by atoms with Crippen molar-refractivity contribution < 1.29 is 19.1 Å². The Hall–Kier alpha value is -1.34. The third-order valence-corrected chi connectivity index (χ3v) is 3.05. The molecule has 7 heteroatoms. The van der Waals surface area contributed by atoms with E-state index in [-0.39, 0.29) is 18.7 Å². The summed E-state index contributed by atoms with van der Waals surface area (Å²) in [7, 11) is 0. The number of nitrogens with two attached hydrogens (primary N) is 1. The number of ether oxygens (including phenoxy) is 2. The summed E-state index contributed by atoms with van der Waals surface area (Å²) >= 11 is 0. The van der Waals surface area contributed by atoms with Gasteiger partial charge in [0.25, 0.3) is 0 Å². The zero-order chi connectivity index (χ0) is 15.9. The van der Waals surface area contributed by atoms with Gasteiger partial charge in [0.1, 0.15) is 12.2 Å². The topological polar surface area (TPSA) is 93.9 Å². The Morgan fingerprint density at radius 3 is 2.71 bits per heavy atom. The summed E-state index contributed by atoms with van der Waals surface area (Å²) in [5.74, 6) is -0.470. The molecule has 0 aromatic rings. The third-order valence-electron chi connectivity index (χ3n) is 3.05. The molecule has 1 atom stereocenters. The molecule has 21 heavy (non-hydrogen) atoms. The summed E-state index contributed by atoms with van der Waals surface area (Å²) in [6.45, 7) is 8.00. The average Bonchev–Trinajstić information content (AvgIpc) is 2.79. The van der Waals surface area contributed by atoms with Gasteiger partial charge in [-0.25, -0.2) is 4.79 Å². The van der Waals surface area contributed by atoms with Crippen molar-refractivity contribution >= 4 is 12.0 Å². The molecule has 2 amide bonds. The minimum absolute atomic E-state index is 0.0604. The van der Waals surface area contributed by atoms with Crippen LogP contribution in [0.1, 0.15) is 33.6 Å². The zero-order valence-corrected chi connectivity index (χ0v) is 13.2. The highest BCUT2D eigenvalue weighted by Gasteiger charge is 2.31. The van der Waals surface area contributed by atoms with Crippen molar-refractivity contribution in [2.24, 2.45) is 5.73 Å². The molecule has 0 aliphatic carbocycles. The Kier molecular flexibility index (Phi) is 6.91. The van der Waals surface area contributed by atoms with E-state index in [1.807, 2.05) is 20.8 Å². The van der Waals surface area contributed by atoms with E-state index in [1.165, 1.54) is 0 Å². The first kappa shape index (κ1) is 17.7. The van der Waals surface area contributed by atoms with E-state index in [1.54, 1.807) is 4.90 Å². The van der Waals surface area contributed by atoms with E-state index in [2.05, 4.69) is 5.32 Å². The van der Waals surface area contributed by atoms with Gasteiger partial charge in [-0.3, -0.25) is 4.79 Å². The highest BCUT2D eigenvalue weighted by molar-refractivity contribution is 5.74. The van der Waals surface area contributed by atoms with Gasteiger partial charge < -0.3 is 25.4 Å². The summed E-state index contributed by atoms with van der Waals surface area (Å²) in [4.78, 5) is 24.4. The summed E-state index contributed by atoms with van der Waals surface area (Å²) in [5, 5.41) is 3.22. The van der Waals surface area contributed by atoms with E-state index in [4.69, 9.17) is 15.2 Å². The molecule has 1 saturated heterocycles. The number of amides is 2. The number of rotatable bonds is 7. The number of nitrogens with one attached hydrogen (secondary N) is 1. The molecular weight excluding hydrogens is 274 g/mol. The molecule has 0 radical (unpaired) electrons. The predicted octanol–water partition coefficient (Wildman–Crippen LogP) is 0.477. The average molecular weight is 301 g/mol. The summed E-state index contributed by atoms with van der Waals surface area (Å²) < 4.78 is 10.5. The summed E-state index contributed by atoms with van der Waals surface area (Å²) in [6.07, 6.45) is 1.70. The maximum atomic E-state index is 12.1. The standard InChI is InChI=1S/C14H27N3O4/c1-14(2,3)21-13(19)17-7-4-5-11(17)9-16-6-8-20-10-12(15)18/h11,16H,4-10H2,1-3H3,(H2,15,18). The Balaban J connectivity index is 2.24. The fourth-order valence-corrected chi connectivity index (χ4v) is 2.19. The highest BCUT2D eigenvalue weighted by Crippen LogP contribution is 2.20. The molecule has 3 N–H and O–H groups in total. The van der Waals surface area contributed by atoms with Crippen molar-refractivity contribution in [3.8, 4) is 0 Å². The minimum Gasteiger partial charge on any atom is -0.444 e. The fourth-order valence-electron chi connectivity index (χ4n) is 2.19. The molecule has 1 unspecified atom stereocenters. The Morgan fingerprint density at radius 2 is 2.10 bits per heavy atom. The maximum Gasteiger partial charge on any atom is 0.410 e. The highest BCUT2D eigenvalue weighted by atomic mass is 16.6. The molecule has 1 heterocycles. The van der Waals surface area contributed by atoms with Crippen LogP contribution in [0.2, 0.25) is 0 Å². The van der Waals surface area contributed by atoms with E-state index in [0.717, 1.165) is 19.4 Å². The number of hydrogen-bond donors (Lipinski definition) is 2. The second-order valence-corrected chi connectivity index (χ2v) is 6.19. The van der Waals surface area contributed by atoms with E-state index < -0.39 is 11.5 Å². The van der Waals surface area contributed by atoms with Gasteiger partial charge in [0.15, 0.2) is 0 Å². The van der Waals surface area contributed by atoms with Gasteiger partial charge in [-0.1, -0.05) is 0 Å². The van der Waals surface area contributed by atoms with Crippen molar-refractivity contribution in [2.45, 2.75) is 45.3 Å². The zero-order valence-electron chi connectivity index (χ0n) is 13.2. The SMILES string of the molecule is CC(C)(C)OC(=O)N1CCCC1CNCCOCC(N)=O. The number of carbonyl (C=O) groups is 2. The summed E-state index contributed by atoms with van der Waals surface area (Å²) in [6, 6.07) is 0.149. The van der Waals surface area contributed by atoms with Crippen molar-refractivity contribution in [1.82, 2.24) is 10.2 Å². The Morgan fingerprint density at radius 1 is 1.38 bits per heavy atom. The molecule has 1 rings (SSSR count). The molecule has 7 nitrogen and oxygen atoms in total. The number of nitrogens with zero attached hydrogens (tertiary/aromatic N) is 1. The van der Waals surface area contributed by atoms with Crippen LogP contribution >= 0.6 is 0 Å². The molecule has 1 fully saturated rings. The third kappa shape index (κ3) is 7.29. The van der Waals surface area contributed by atoms with Gasteiger partial charge in [0.2, 0.25) is 5.91 Å². The van der Waals surface area contributed by atoms with E-state index >= 15 is 0 Å². The number of primary amides is 1. The molecule has 1 aliphatic heterocycles. The van der Waals surface area contributed by atoms with Gasteiger partial charge in [-0.2, -0.15) is 0 Å². The molecule has 122 valence electrons. The van der Waals surface area contributed by atoms with Crippen LogP contribution < -0.4 is 11.1 Å². The lowest BCUT2D eigenvalue weighted by Crippen LogP contribution is -2.44. The molecule has 1 aliphatic rings. The molecule has 0 aromatic carbocycles. The van der Waals surface area contributed by atoms with Gasteiger partial charge >= 0.3 is 6.09 Å². The first-order valence-electron chi connectivity index (χ1n) is 7.36. The first-order chi connectivity index (χ1) is 9.79. The largest absolute Gasteiger partial charge is 0.444 e. The van der Waals surface area contributed by atoms with Crippen LogP contribution in [-0.4, -0.2) is 61.4 Å². The smallest absolute Gasteiger partial charge is 0.410 e. The van der Waals surface area contributed by atoms with E-state index in [9.17, 15) is 9.59 Å².